The Kier molecular flexibility index (Phi) is 8.63. The van der Waals surface area contributed by atoms with E-state index in [4.69, 9.17) is 4.74 Å². The average Bonchev–Trinajstić information content (AvgIpc) is 3.27. The fourth-order valence-electron chi connectivity index (χ4n) is 4.83. The highest BCUT2D eigenvalue weighted by molar-refractivity contribution is 7.89. The molecule has 9 nitrogen and oxygen atoms in total. The summed E-state index contributed by atoms with van der Waals surface area (Å²) in [6.45, 7) is 3.96. The van der Waals surface area contributed by atoms with Gasteiger partial charge in [-0.15, -0.1) is 0 Å². The lowest BCUT2D eigenvalue weighted by molar-refractivity contribution is -0.123. The number of benzene rings is 2. The molecule has 36 heavy (non-hydrogen) atoms. The van der Waals surface area contributed by atoms with Gasteiger partial charge >= 0.3 is 0 Å². The predicted molar refractivity (Wildman–Crippen MR) is 135 cm³/mol. The van der Waals surface area contributed by atoms with Crippen LogP contribution in [0.4, 0.5) is 0 Å². The summed E-state index contributed by atoms with van der Waals surface area (Å²) in [7, 11) is -3.89. The Balaban J connectivity index is 1.27. The minimum Gasteiger partial charge on any atom is -0.482 e. The maximum atomic E-state index is 13.2. The molecule has 2 heterocycles. The molecule has 1 amide bonds. The van der Waals surface area contributed by atoms with Gasteiger partial charge in [-0.2, -0.15) is 4.31 Å². The van der Waals surface area contributed by atoms with E-state index in [1.54, 1.807) is 12.1 Å². The second-order valence-electron chi connectivity index (χ2n) is 9.50. The van der Waals surface area contributed by atoms with Crippen LogP contribution in [0, 0.1) is 5.92 Å². The second kappa shape index (κ2) is 11.7. The third kappa shape index (κ3) is 6.24. The van der Waals surface area contributed by atoms with Gasteiger partial charge < -0.3 is 20.3 Å². The maximum Gasteiger partial charge on any atom is 0.258 e. The zero-order valence-electron chi connectivity index (χ0n) is 20.5. The van der Waals surface area contributed by atoms with Crippen molar-refractivity contribution in [3.8, 4) is 5.75 Å². The number of carbonyl (C=O) groups is 1. The number of aliphatic hydroxyl groups is 2. The molecule has 10 heteroatoms. The van der Waals surface area contributed by atoms with Crippen molar-refractivity contribution in [1.29, 1.82) is 0 Å². The zero-order chi connectivity index (χ0) is 25.7. The van der Waals surface area contributed by atoms with E-state index in [2.05, 4.69) is 22.3 Å². The molecule has 3 N–H and O–H groups in total. The van der Waals surface area contributed by atoms with Crippen LogP contribution in [0.5, 0.6) is 5.75 Å². The van der Waals surface area contributed by atoms with E-state index in [0.29, 0.717) is 13.0 Å². The summed E-state index contributed by atoms with van der Waals surface area (Å²) in [5.74, 6) is -0.479. The summed E-state index contributed by atoms with van der Waals surface area (Å²) in [5, 5.41) is 23.2. The van der Waals surface area contributed by atoms with E-state index in [1.807, 2.05) is 19.1 Å². The van der Waals surface area contributed by atoms with Gasteiger partial charge in [0.25, 0.3) is 5.91 Å². The molecule has 3 atom stereocenters. The summed E-state index contributed by atoms with van der Waals surface area (Å²) in [4.78, 5) is 14.5. The van der Waals surface area contributed by atoms with Crippen LogP contribution in [0.15, 0.2) is 53.4 Å². The lowest BCUT2D eigenvalue weighted by atomic mass is 10.00. The summed E-state index contributed by atoms with van der Waals surface area (Å²) in [6, 6.07) is 14.5. The number of amides is 1. The van der Waals surface area contributed by atoms with E-state index in [-0.39, 0.29) is 42.8 Å². The molecular formula is C26H35N3O6S. The smallest absolute Gasteiger partial charge is 0.258 e. The number of ether oxygens (including phenoxy) is 1. The number of nitrogens with zero attached hydrogens (tertiary/aromatic N) is 2. The normalized spacial score (nSPS) is 21.6. The van der Waals surface area contributed by atoms with Crippen molar-refractivity contribution in [1.82, 2.24) is 14.5 Å². The van der Waals surface area contributed by atoms with E-state index < -0.39 is 28.1 Å². The number of β-amino-alcohol motifs (C(OH)–C–C–N with tert-alkyl or cyclic N) is 2. The van der Waals surface area contributed by atoms with Crippen molar-refractivity contribution < 1.29 is 28.2 Å². The first-order valence-electron chi connectivity index (χ1n) is 12.4. The molecule has 0 bridgehead atoms. The van der Waals surface area contributed by atoms with Gasteiger partial charge in [0.15, 0.2) is 6.61 Å². The van der Waals surface area contributed by atoms with Crippen molar-refractivity contribution in [2.75, 3.05) is 39.3 Å². The number of fused-ring (bicyclic) bond motifs is 1. The van der Waals surface area contributed by atoms with Crippen LogP contribution in [-0.4, -0.2) is 85.3 Å². The summed E-state index contributed by atoms with van der Waals surface area (Å²) >= 11 is 0. The summed E-state index contributed by atoms with van der Waals surface area (Å²) in [6.07, 6.45) is 0.179. The highest BCUT2D eigenvalue weighted by Crippen LogP contribution is 2.31. The number of carbonyl (C=O) groups excluding carboxylic acids is 1. The van der Waals surface area contributed by atoms with Gasteiger partial charge in [0.2, 0.25) is 10.0 Å². The van der Waals surface area contributed by atoms with Gasteiger partial charge in [-0.3, -0.25) is 9.69 Å². The van der Waals surface area contributed by atoms with E-state index in [1.165, 1.54) is 27.6 Å². The quantitative estimate of drug-likeness (QED) is 0.430. The molecule has 2 aromatic carbocycles. The Morgan fingerprint density at radius 3 is 2.61 bits per heavy atom. The largest absolute Gasteiger partial charge is 0.482 e. The second-order valence-corrected chi connectivity index (χ2v) is 11.4. The first-order chi connectivity index (χ1) is 17.3. The zero-order valence-corrected chi connectivity index (χ0v) is 21.4. The van der Waals surface area contributed by atoms with Gasteiger partial charge in [-0.25, -0.2) is 8.42 Å². The van der Waals surface area contributed by atoms with Crippen LogP contribution in [0.2, 0.25) is 0 Å². The molecule has 1 saturated heterocycles. The molecular weight excluding hydrogens is 482 g/mol. The van der Waals surface area contributed by atoms with E-state index in [0.717, 1.165) is 19.5 Å². The van der Waals surface area contributed by atoms with Crippen molar-refractivity contribution in [2.45, 2.75) is 43.4 Å². The van der Waals surface area contributed by atoms with Gasteiger partial charge in [0.1, 0.15) is 10.6 Å². The predicted octanol–water partition coefficient (Wildman–Crippen LogP) is 0.992. The summed E-state index contributed by atoms with van der Waals surface area (Å²) in [5.41, 5.74) is 2.60. The maximum absolute atomic E-state index is 13.2. The molecule has 2 aromatic rings. The lowest BCUT2D eigenvalue weighted by Gasteiger charge is -2.30. The van der Waals surface area contributed by atoms with Crippen molar-refractivity contribution in [2.24, 2.45) is 5.92 Å². The van der Waals surface area contributed by atoms with Crippen molar-refractivity contribution in [3.63, 3.8) is 0 Å². The number of para-hydroxylation sites is 1. The van der Waals surface area contributed by atoms with Crippen molar-refractivity contribution >= 4 is 15.9 Å². The highest BCUT2D eigenvalue weighted by atomic mass is 32.2. The van der Waals surface area contributed by atoms with Crippen LogP contribution in [0.3, 0.4) is 0 Å². The van der Waals surface area contributed by atoms with Crippen LogP contribution in [0.1, 0.15) is 24.5 Å². The number of aliphatic hydroxyl groups excluding tert-OH is 2. The minimum atomic E-state index is -3.89. The Morgan fingerprint density at radius 1 is 1.14 bits per heavy atom. The molecule has 4 rings (SSSR count). The highest BCUT2D eigenvalue weighted by Gasteiger charge is 2.38. The topological polar surface area (TPSA) is 119 Å². The molecule has 0 radical (unpaired) electrons. The molecule has 196 valence electrons. The number of hydrogen-bond acceptors (Lipinski definition) is 7. The Bertz CT molecular complexity index is 1160. The van der Waals surface area contributed by atoms with Gasteiger partial charge in [-0.1, -0.05) is 43.3 Å². The lowest BCUT2D eigenvalue weighted by Crippen LogP contribution is -2.43. The first-order valence-corrected chi connectivity index (χ1v) is 13.9. The molecule has 1 fully saturated rings. The van der Waals surface area contributed by atoms with Crippen LogP contribution in [-0.2, 0) is 27.8 Å². The minimum absolute atomic E-state index is 0.0350. The van der Waals surface area contributed by atoms with Gasteiger partial charge in [0, 0.05) is 39.3 Å². The molecule has 2 unspecified atom stereocenters. The number of hydrogen-bond donors (Lipinski definition) is 3. The Hall–Kier alpha value is -2.50. The fraction of sp³-hybridized carbons (Fsp3) is 0.500. The molecule has 0 spiro atoms. The molecule has 0 aromatic heterocycles. The number of sulfonamides is 1. The third-order valence-corrected chi connectivity index (χ3v) is 8.81. The standard InChI is InChI=1S/C26H35N3O6S/c1-2-19-15-29(17-23(19)31)36(33,34)25-10-6-5-9-24(25)35-18-26(32)27-13-22(30)16-28-12-11-20-7-3-4-8-21(20)14-28/h3-10,19,22-23,30-31H,2,11-18H2,1H3,(H,27,32)/t19?,22-,23?/m1/s1. The van der Waals surface area contributed by atoms with E-state index in [9.17, 15) is 23.4 Å². The van der Waals surface area contributed by atoms with Gasteiger partial charge in [0.05, 0.1) is 12.2 Å². The van der Waals surface area contributed by atoms with Crippen molar-refractivity contribution in [3.05, 3.63) is 59.7 Å². The molecule has 2 aliphatic heterocycles. The fourth-order valence-corrected chi connectivity index (χ4v) is 6.48. The third-order valence-electron chi connectivity index (χ3n) is 6.94. The molecule has 2 aliphatic rings. The van der Waals surface area contributed by atoms with Crippen LogP contribution >= 0.6 is 0 Å². The monoisotopic (exact) mass is 517 g/mol. The Labute approximate surface area is 212 Å². The van der Waals surface area contributed by atoms with Crippen LogP contribution < -0.4 is 10.1 Å². The first kappa shape index (κ1) is 26.6. The SMILES string of the molecule is CCC1CN(S(=O)(=O)c2ccccc2OCC(=O)NC[C@@H](O)CN2CCc3ccccc3C2)CC1O. The van der Waals surface area contributed by atoms with Crippen LogP contribution in [0.25, 0.3) is 0 Å². The average molecular weight is 518 g/mol. The van der Waals surface area contributed by atoms with E-state index >= 15 is 0 Å². The number of nitrogens with one attached hydrogen (secondary N) is 1. The molecule has 0 saturated carbocycles. The molecule has 0 aliphatic carbocycles. The number of rotatable bonds is 10. The Morgan fingerprint density at radius 2 is 1.86 bits per heavy atom. The summed E-state index contributed by atoms with van der Waals surface area (Å²) < 4.78 is 33.2. The van der Waals surface area contributed by atoms with Gasteiger partial charge in [-0.05, 0) is 42.0 Å².